The van der Waals surface area contributed by atoms with Crippen molar-refractivity contribution in [3.63, 3.8) is 0 Å². The zero-order valence-electron chi connectivity index (χ0n) is 10.6. The number of nitrogens with one attached hydrogen (secondary N) is 1. The number of nitrogens with zero attached hydrogens (tertiary/aromatic N) is 1. The highest BCUT2D eigenvalue weighted by molar-refractivity contribution is 5.60. The summed E-state index contributed by atoms with van der Waals surface area (Å²) in [6, 6.07) is 10.5. The van der Waals surface area contributed by atoms with E-state index in [-0.39, 0.29) is 5.41 Å². The van der Waals surface area contributed by atoms with E-state index in [0.29, 0.717) is 6.54 Å². The van der Waals surface area contributed by atoms with Gasteiger partial charge >= 0.3 is 0 Å². The van der Waals surface area contributed by atoms with Crippen molar-refractivity contribution in [3.05, 3.63) is 41.6 Å². The van der Waals surface area contributed by atoms with Crippen LogP contribution < -0.4 is 5.73 Å². The van der Waals surface area contributed by atoms with Gasteiger partial charge in [0.1, 0.15) is 0 Å². The molecule has 0 aliphatic carbocycles. The summed E-state index contributed by atoms with van der Waals surface area (Å²) in [4.78, 5) is 0. The number of rotatable bonds is 2. The average molecular weight is 229 g/mol. The topological polar surface area (TPSA) is 54.7 Å². The van der Waals surface area contributed by atoms with E-state index in [1.165, 1.54) is 5.56 Å². The number of nitrogens with two attached hydrogens (primary N) is 1. The van der Waals surface area contributed by atoms with E-state index in [2.05, 4.69) is 55.2 Å². The Morgan fingerprint density at radius 2 is 2.00 bits per heavy atom. The Labute approximate surface area is 102 Å². The van der Waals surface area contributed by atoms with E-state index in [9.17, 15) is 0 Å². The third-order valence-electron chi connectivity index (χ3n) is 2.88. The molecule has 2 rings (SSSR count). The third kappa shape index (κ3) is 2.56. The zero-order chi connectivity index (χ0) is 12.5. The van der Waals surface area contributed by atoms with Crippen LogP contribution in [0.25, 0.3) is 11.3 Å². The molecule has 0 saturated carbocycles. The Morgan fingerprint density at radius 1 is 1.24 bits per heavy atom. The van der Waals surface area contributed by atoms with E-state index >= 15 is 0 Å². The molecule has 2 aromatic rings. The standard InChI is InChI=1S/C14H19N3/c1-14(2,3)11-6-4-5-10(7-11)13-8-12(9-15)16-17-13/h4-8H,9,15H2,1-3H3,(H,16,17). The van der Waals surface area contributed by atoms with E-state index in [1.807, 2.05) is 6.07 Å². The number of hydrogen-bond donors (Lipinski definition) is 2. The van der Waals surface area contributed by atoms with Gasteiger partial charge in [0.2, 0.25) is 0 Å². The van der Waals surface area contributed by atoms with Crippen LogP contribution in [0.1, 0.15) is 32.0 Å². The number of benzene rings is 1. The molecular formula is C14H19N3. The molecule has 0 aliphatic heterocycles. The zero-order valence-corrected chi connectivity index (χ0v) is 10.6. The minimum Gasteiger partial charge on any atom is -0.325 e. The fraction of sp³-hybridized carbons (Fsp3) is 0.357. The molecule has 3 N–H and O–H groups in total. The molecule has 0 atom stereocenters. The first-order valence-electron chi connectivity index (χ1n) is 5.86. The molecule has 0 saturated heterocycles. The molecule has 1 heterocycles. The fourth-order valence-corrected chi connectivity index (χ4v) is 1.76. The van der Waals surface area contributed by atoms with Crippen LogP contribution in [0.4, 0.5) is 0 Å². The van der Waals surface area contributed by atoms with Gasteiger partial charge in [0.05, 0.1) is 5.69 Å². The number of H-pyrrole nitrogens is 1. The van der Waals surface area contributed by atoms with Gasteiger partial charge in [-0.3, -0.25) is 5.10 Å². The molecule has 90 valence electrons. The van der Waals surface area contributed by atoms with Crippen molar-refractivity contribution >= 4 is 0 Å². The maximum absolute atomic E-state index is 5.57. The van der Waals surface area contributed by atoms with Crippen LogP contribution in [0.3, 0.4) is 0 Å². The molecule has 0 amide bonds. The molecule has 0 bridgehead atoms. The van der Waals surface area contributed by atoms with Gasteiger partial charge in [0.25, 0.3) is 0 Å². The highest BCUT2D eigenvalue weighted by atomic mass is 15.1. The fourth-order valence-electron chi connectivity index (χ4n) is 1.76. The van der Waals surface area contributed by atoms with Gasteiger partial charge in [-0.15, -0.1) is 0 Å². The predicted molar refractivity (Wildman–Crippen MR) is 70.6 cm³/mol. The molecule has 0 fully saturated rings. The van der Waals surface area contributed by atoms with E-state index < -0.39 is 0 Å². The molecule has 1 aromatic heterocycles. The molecular weight excluding hydrogens is 210 g/mol. The summed E-state index contributed by atoms with van der Waals surface area (Å²) in [5, 5.41) is 7.21. The van der Waals surface area contributed by atoms with Crippen molar-refractivity contribution in [2.75, 3.05) is 0 Å². The monoisotopic (exact) mass is 229 g/mol. The van der Waals surface area contributed by atoms with Crippen LogP contribution in [0.15, 0.2) is 30.3 Å². The minimum absolute atomic E-state index is 0.156. The quantitative estimate of drug-likeness (QED) is 0.832. The Kier molecular flexibility index (Phi) is 3.03. The Bertz CT molecular complexity index is 506. The smallest absolute Gasteiger partial charge is 0.0924 e. The minimum atomic E-state index is 0.156. The lowest BCUT2D eigenvalue weighted by atomic mass is 9.86. The van der Waals surface area contributed by atoms with E-state index in [0.717, 1.165) is 17.0 Å². The molecule has 17 heavy (non-hydrogen) atoms. The van der Waals surface area contributed by atoms with Crippen LogP contribution >= 0.6 is 0 Å². The molecule has 3 heteroatoms. The highest BCUT2D eigenvalue weighted by Gasteiger charge is 2.14. The second-order valence-corrected chi connectivity index (χ2v) is 5.31. The molecule has 1 aromatic carbocycles. The van der Waals surface area contributed by atoms with Crippen molar-refractivity contribution in [3.8, 4) is 11.3 Å². The van der Waals surface area contributed by atoms with Gasteiger partial charge < -0.3 is 5.73 Å². The summed E-state index contributed by atoms with van der Waals surface area (Å²) in [5.74, 6) is 0. The maximum atomic E-state index is 5.57. The van der Waals surface area contributed by atoms with E-state index in [1.54, 1.807) is 0 Å². The summed E-state index contributed by atoms with van der Waals surface area (Å²) in [7, 11) is 0. The number of aromatic nitrogens is 2. The molecule has 0 aliphatic rings. The van der Waals surface area contributed by atoms with Crippen molar-refractivity contribution in [2.45, 2.75) is 32.7 Å². The van der Waals surface area contributed by atoms with Crippen LogP contribution in [-0.4, -0.2) is 10.2 Å². The maximum Gasteiger partial charge on any atom is 0.0924 e. The molecule has 0 spiro atoms. The molecule has 0 radical (unpaired) electrons. The SMILES string of the molecule is CC(C)(C)c1cccc(-c2cc(CN)[nH]n2)c1. The number of hydrogen-bond acceptors (Lipinski definition) is 2. The Morgan fingerprint density at radius 3 is 2.59 bits per heavy atom. The summed E-state index contributed by atoms with van der Waals surface area (Å²) in [6.45, 7) is 7.12. The molecule has 0 unspecified atom stereocenters. The highest BCUT2D eigenvalue weighted by Crippen LogP contribution is 2.26. The molecule has 3 nitrogen and oxygen atoms in total. The Hall–Kier alpha value is -1.61. The van der Waals surface area contributed by atoms with Gasteiger partial charge in [0, 0.05) is 17.8 Å². The van der Waals surface area contributed by atoms with Gasteiger partial charge in [-0.2, -0.15) is 5.10 Å². The van der Waals surface area contributed by atoms with Crippen molar-refractivity contribution in [1.82, 2.24) is 10.2 Å². The first-order valence-corrected chi connectivity index (χ1v) is 5.86. The number of aromatic amines is 1. The van der Waals surface area contributed by atoms with Gasteiger partial charge in [0.15, 0.2) is 0 Å². The first kappa shape index (κ1) is 11.9. The normalized spacial score (nSPS) is 11.8. The van der Waals surface area contributed by atoms with Gasteiger partial charge in [-0.1, -0.05) is 39.0 Å². The van der Waals surface area contributed by atoms with Gasteiger partial charge in [-0.05, 0) is 23.1 Å². The van der Waals surface area contributed by atoms with Crippen LogP contribution in [-0.2, 0) is 12.0 Å². The van der Waals surface area contributed by atoms with Crippen molar-refractivity contribution in [1.29, 1.82) is 0 Å². The summed E-state index contributed by atoms with van der Waals surface area (Å²) in [6.07, 6.45) is 0. The predicted octanol–water partition coefficient (Wildman–Crippen LogP) is 2.83. The van der Waals surface area contributed by atoms with Crippen molar-refractivity contribution < 1.29 is 0 Å². The van der Waals surface area contributed by atoms with Crippen LogP contribution in [0.5, 0.6) is 0 Å². The second kappa shape index (κ2) is 4.34. The van der Waals surface area contributed by atoms with Gasteiger partial charge in [-0.25, -0.2) is 0 Å². The van der Waals surface area contributed by atoms with Crippen LogP contribution in [0, 0.1) is 0 Å². The lowest BCUT2D eigenvalue weighted by molar-refractivity contribution is 0.590. The third-order valence-corrected chi connectivity index (χ3v) is 2.88. The Balaban J connectivity index is 2.39. The van der Waals surface area contributed by atoms with Crippen LogP contribution in [0.2, 0.25) is 0 Å². The van der Waals surface area contributed by atoms with E-state index in [4.69, 9.17) is 5.73 Å². The largest absolute Gasteiger partial charge is 0.325 e. The van der Waals surface area contributed by atoms with Crippen molar-refractivity contribution in [2.24, 2.45) is 5.73 Å². The average Bonchev–Trinajstić information content (AvgIpc) is 2.76. The second-order valence-electron chi connectivity index (χ2n) is 5.31. The summed E-state index contributed by atoms with van der Waals surface area (Å²) < 4.78 is 0. The lowest BCUT2D eigenvalue weighted by Gasteiger charge is -2.19. The first-order chi connectivity index (χ1) is 8.00. The lowest BCUT2D eigenvalue weighted by Crippen LogP contribution is -2.10. The summed E-state index contributed by atoms with van der Waals surface area (Å²) in [5.41, 5.74) is 10.1. The summed E-state index contributed by atoms with van der Waals surface area (Å²) >= 11 is 0.